The maximum atomic E-state index is 12.1. The second-order valence-electron chi connectivity index (χ2n) is 16.5. The standard InChI is InChI=1S/C21H36O8S4.C12H22N6.C4H10O2S2.C3H8O2S/c1-13(30)5-17(22)26-9-21(10-27-18(23)6-14(2)31,11-28-19(24)7-15(3)32)12-29-20(25)8-16(4)33;1-11(2,9-13-5-6-14-9)17-18-12(3,4)10-15-7-8-16-10;5-3(1-7)4(6)2-8;4-1-3(5)2-6/h13-16,30-33H,5-12H2,1-4H3;5-8H2,1-4H3,(H,13,14)(H,15,16);3-8H,1-2H2;3-6H,1-2H2/t;;3-,4+;. The van der Waals surface area contributed by atoms with Gasteiger partial charge in [-0.2, -0.15) is 98.6 Å². The van der Waals surface area contributed by atoms with Crippen LogP contribution in [0.4, 0.5) is 0 Å². The van der Waals surface area contributed by atoms with Crippen molar-refractivity contribution in [3.8, 4) is 0 Å². The minimum Gasteiger partial charge on any atom is -0.465 e. The van der Waals surface area contributed by atoms with Crippen molar-refractivity contribution in [3.63, 3.8) is 0 Å². The molecule has 2 aliphatic rings. The maximum absolute atomic E-state index is 12.1. The largest absolute Gasteiger partial charge is 0.465 e. The van der Waals surface area contributed by atoms with Crippen LogP contribution < -0.4 is 10.6 Å². The number of ether oxygens (including phenoxy) is 4. The first-order valence-electron chi connectivity index (χ1n) is 21.0. The summed E-state index contributed by atoms with van der Waals surface area (Å²) in [6.45, 7) is 17.1. The second-order valence-corrected chi connectivity index (χ2v) is 21.1. The van der Waals surface area contributed by atoms with E-state index in [1.54, 1.807) is 27.7 Å². The number of rotatable bonds is 25. The number of nitrogens with one attached hydrogen (secondary N) is 2. The number of thiol groups is 7. The van der Waals surface area contributed by atoms with Crippen molar-refractivity contribution in [1.29, 1.82) is 0 Å². The van der Waals surface area contributed by atoms with Gasteiger partial charge in [0, 0.05) is 51.3 Å². The van der Waals surface area contributed by atoms with Crippen LogP contribution in [-0.4, -0.2) is 183 Å². The Morgan fingerprint density at radius 1 is 0.585 bits per heavy atom. The summed E-state index contributed by atoms with van der Waals surface area (Å²) >= 11 is 27.9. The van der Waals surface area contributed by atoms with E-state index in [0.29, 0.717) is 5.75 Å². The predicted molar refractivity (Wildman–Crippen MR) is 279 cm³/mol. The van der Waals surface area contributed by atoms with E-state index in [2.05, 4.69) is 119 Å². The zero-order valence-corrected chi connectivity index (χ0v) is 45.1. The maximum Gasteiger partial charge on any atom is 0.306 e. The van der Waals surface area contributed by atoms with Crippen LogP contribution in [0.15, 0.2) is 20.2 Å². The van der Waals surface area contributed by atoms with Gasteiger partial charge in [-0.15, -0.1) is 0 Å². The van der Waals surface area contributed by atoms with Crippen LogP contribution in [0.25, 0.3) is 0 Å². The van der Waals surface area contributed by atoms with Crippen molar-refractivity contribution in [3.05, 3.63) is 0 Å². The van der Waals surface area contributed by atoms with Gasteiger partial charge in [0.05, 0.1) is 63.7 Å². The van der Waals surface area contributed by atoms with Gasteiger partial charge in [-0.05, 0) is 27.7 Å². The quantitative estimate of drug-likeness (QED) is 0.0272. The Morgan fingerprint density at radius 3 is 1.03 bits per heavy atom. The topological polar surface area (TPSA) is 260 Å². The molecule has 380 valence electrons. The van der Waals surface area contributed by atoms with Crippen LogP contribution in [0, 0.1) is 5.41 Å². The molecule has 0 bridgehead atoms. The van der Waals surface area contributed by atoms with Gasteiger partial charge in [0.15, 0.2) is 0 Å². The van der Waals surface area contributed by atoms with E-state index < -0.39 is 58.7 Å². The van der Waals surface area contributed by atoms with Gasteiger partial charge in [-0.3, -0.25) is 29.2 Å². The number of hydrogen-bond donors (Lipinski definition) is 13. The third-order valence-corrected chi connectivity index (χ3v) is 10.2. The summed E-state index contributed by atoms with van der Waals surface area (Å²) in [6, 6.07) is 0. The molecule has 0 amide bonds. The molecule has 65 heavy (non-hydrogen) atoms. The molecule has 0 aliphatic carbocycles. The molecule has 6 N–H and O–H groups in total. The van der Waals surface area contributed by atoms with Crippen molar-refractivity contribution in [2.24, 2.45) is 25.6 Å². The summed E-state index contributed by atoms with van der Waals surface area (Å²) in [5.41, 5.74) is -2.09. The highest BCUT2D eigenvalue weighted by Gasteiger charge is 2.38. The smallest absolute Gasteiger partial charge is 0.306 e. The molecule has 18 nitrogen and oxygen atoms in total. The summed E-state index contributed by atoms with van der Waals surface area (Å²) < 4.78 is 21.4. The normalized spacial score (nSPS) is 17.6. The van der Waals surface area contributed by atoms with Crippen LogP contribution in [0.1, 0.15) is 81.1 Å². The second kappa shape index (κ2) is 35.8. The van der Waals surface area contributed by atoms with E-state index in [9.17, 15) is 19.2 Å². The minimum atomic E-state index is -1.30. The summed E-state index contributed by atoms with van der Waals surface area (Å²) in [5.74, 6) is 0.572. The monoisotopic (exact) mass is 1060 g/mol. The van der Waals surface area contributed by atoms with Crippen LogP contribution in [-0.2, 0) is 38.1 Å². The fourth-order valence-electron chi connectivity index (χ4n) is 4.65. The van der Waals surface area contributed by atoms with Crippen LogP contribution >= 0.6 is 88.4 Å². The number of aliphatic hydroxyl groups is 4. The molecule has 0 aromatic carbocycles. The molecule has 0 saturated heterocycles. The molecule has 2 rings (SSSR count). The van der Waals surface area contributed by atoms with Crippen LogP contribution in [0.2, 0.25) is 0 Å². The Balaban J connectivity index is 0. The fourth-order valence-corrected chi connectivity index (χ4v) is 5.84. The molecule has 0 spiro atoms. The number of carbonyl (C=O) groups excluding carboxylic acids is 4. The highest BCUT2D eigenvalue weighted by atomic mass is 32.1. The molecule has 0 aromatic heterocycles. The third kappa shape index (κ3) is 33.0. The molecule has 0 fully saturated rings. The number of aliphatic imine (C=N–C) groups is 2. The Kier molecular flexibility index (Phi) is 36.2. The average molecular weight is 1060 g/mol. The van der Waals surface area contributed by atoms with E-state index in [1.807, 2.05) is 27.7 Å². The lowest BCUT2D eigenvalue weighted by atomic mass is 9.92. The first-order valence-corrected chi connectivity index (χ1v) is 25.0. The van der Waals surface area contributed by atoms with E-state index in [0.717, 1.165) is 37.9 Å². The van der Waals surface area contributed by atoms with Gasteiger partial charge in [0.2, 0.25) is 0 Å². The molecule has 2 heterocycles. The molecule has 2 aliphatic heterocycles. The number of hydrogen-bond acceptors (Lipinski definition) is 25. The van der Waals surface area contributed by atoms with E-state index in [-0.39, 0.29) is 91.2 Å². The number of esters is 4. The third-order valence-electron chi connectivity index (χ3n) is 8.30. The highest BCUT2D eigenvalue weighted by molar-refractivity contribution is 7.81. The summed E-state index contributed by atoms with van der Waals surface area (Å²) in [7, 11) is 0. The van der Waals surface area contributed by atoms with E-state index in [1.165, 1.54) is 0 Å². The molecule has 0 saturated carbocycles. The number of aliphatic hydroxyl groups excluding tert-OH is 4. The lowest BCUT2D eigenvalue weighted by Crippen LogP contribution is -2.44. The summed E-state index contributed by atoms with van der Waals surface area (Å²) in [4.78, 5) is 57.3. The Morgan fingerprint density at radius 2 is 0.862 bits per heavy atom. The van der Waals surface area contributed by atoms with Gasteiger partial charge in [-0.1, -0.05) is 27.7 Å². The molecule has 0 radical (unpaired) electrons. The van der Waals surface area contributed by atoms with E-state index >= 15 is 0 Å². The van der Waals surface area contributed by atoms with Gasteiger partial charge < -0.3 is 50.0 Å². The summed E-state index contributed by atoms with van der Waals surface area (Å²) in [5, 5.41) is 48.4. The van der Waals surface area contributed by atoms with Gasteiger partial charge in [0.1, 0.15) is 54.6 Å². The van der Waals surface area contributed by atoms with Gasteiger partial charge >= 0.3 is 23.9 Å². The number of carbonyl (C=O) groups is 4. The van der Waals surface area contributed by atoms with Gasteiger partial charge in [-0.25, -0.2) is 0 Å². The zero-order chi connectivity index (χ0) is 50.4. The van der Waals surface area contributed by atoms with Crippen molar-refractivity contribution in [2.75, 3.05) is 76.5 Å². The molecule has 7 atom stereocenters. The number of azo groups is 1. The Hall–Kier alpha value is -1.29. The molecular weight excluding hydrogens is 981 g/mol. The first-order chi connectivity index (χ1) is 30.2. The fraction of sp³-hybridized carbons (Fsp3) is 0.850. The molecule has 0 aromatic rings. The van der Waals surface area contributed by atoms with Crippen LogP contribution in [0.5, 0.6) is 0 Å². The molecular formula is C40H76N6O12S7. The number of amidine groups is 2. The molecule has 25 heteroatoms. The summed E-state index contributed by atoms with van der Waals surface area (Å²) in [6.07, 6.45) is -1.94. The minimum absolute atomic E-state index is 0.0457. The molecule has 5 unspecified atom stereocenters. The van der Waals surface area contributed by atoms with E-state index in [4.69, 9.17) is 39.4 Å². The first kappa shape index (κ1) is 65.8. The zero-order valence-electron chi connectivity index (χ0n) is 38.8. The predicted octanol–water partition coefficient (Wildman–Crippen LogP) is 2.82. The average Bonchev–Trinajstić information content (AvgIpc) is 3.99. The lowest BCUT2D eigenvalue weighted by Gasteiger charge is -2.32. The van der Waals surface area contributed by atoms with Crippen LogP contribution in [0.3, 0.4) is 0 Å². The highest BCUT2D eigenvalue weighted by Crippen LogP contribution is 2.24. The van der Waals surface area contributed by atoms with Crippen molar-refractivity contribution >= 4 is 124 Å². The van der Waals surface area contributed by atoms with Crippen molar-refractivity contribution in [2.45, 2.75) is 131 Å². The lowest BCUT2D eigenvalue weighted by molar-refractivity contribution is -0.170. The van der Waals surface area contributed by atoms with Gasteiger partial charge in [0.25, 0.3) is 0 Å². The van der Waals surface area contributed by atoms with Crippen molar-refractivity contribution < 1.29 is 58.6 Å². The van der Waals surface area contributed by atoms with Crippen molar-refractivity contribution in [1.82, 2.24) is 10.6 Å². The number of nitrogens with zero attached hydrogens (tertiary/aromatic N) is 4. The Bertz CT molecular complexity index is 1320. The Labute approximate surface area is 424 Å². The SMILES string of the molecule is CC(C)(N=NC(C)(C)C1=NCCN1)C1=NCCN1.CC(S)CC(=O)OCC(COC(=O)CC(C)S)(COC(=O)CC(C)S)COC(=O)CC(C)S.OCC(O)CS.O[C@H](CS)[C@@H](O)CS.